The van der Waals surface area contributed by atoms with Crippen LogP contribution in [0.15, 0.2) is 115 Å². The van der Waals surface area contributed by atoms with E-state index in [2.05, 4.69) is 46.4 Å². The molecule has 1 fully saturated rings. The Labute approximate surface area is 243 Å². The Morgan fingerprint density at radius 3 is 2.02 bits per heavy atom. The minimum atomic E-state index is -0.902. The van der Waals surface area contributed by atoms with Crippen LogP contribution in [0.4, 0.5) is 10.2 Å². The number of nitrogens with two attached hydrogens (primary N) is 1. The van der Waals surface area contributed by atoms with Crippen LogP contribution in [0, 0.1) is 5.82 Å². The Bertz CT molecular complexity index is 1660. The first-order valence-electron chi connectivity index (χ1n) is 14.0. The highest BCUT2D eigenvalue weighted by molar-refractivity contribution is 5.87. The molecule has 2 aromatic heterocycles. The van der Waals surface area contributed by atoms with Crippen LogP contribution in [-0.2, 0) is 19.8 Å². The highest BCUT2D eigenvalue weighted by Crippen LogP contribution is 2.47. The van der Waals surface area contributed by atoms with Crippen molar-refractivity contribution < 1.29 is 18.6 Å². The third-order valence-corrected chi connectivity index (χ3v) is 8.13. The number of benzene rings is 3. The molecule has 0 unspecified atom stereocenters. The van der Waals surface area contributed by atoms with Crippen molar-refractivity contribution in [2.45, 2.75) is 43.5 Å². The Kier molecular flexibility index (Phi) is 6.42. The fraction of sp³-hybridized carbons (Fsp3) is 0.235. The van der Waals surface area contributed by atoms with Crippen molar-refractivity contribution in [2.75, 3.05) is 12.3 Å². The van der Waals surface area contributed by atoms with Gasteiger partial charge in [0.1, 0.15) is 35.6 Å². The van der Waals surface area contributed by atoms with Gasteiger partial charge in [-0.2, -0.15) is 0 Å². The van der Waals surface area contributed by atoms with Gasteiger partial charge in [0.25, 0.3) is 0 Å². The second kappa shape index (κ2) is 10.2. The second-order valence-electron chi connectivity index (χ2n) is 11.2. The lowest BCUT2D eigenvalue weighted by atomic mass is 9.80. The summed E-state index contributed by atoms with van der Waals surface area (Å²) in [6.07, 6.45) is 3.99. The number of halogens is 1. The zero-order valence-corrected chi connectivity index (χ0v) is 23.4. The molecule has 1 saturated heterocycles. The number of ether oxygens (including phenoxy) is 3. The summed E-state index contributed by atoms with van der Waals surface area (Å²) < 4.78 is 36.8. The monoisotopic (exact) mass is 562 g/mol. The summed E-state index contributed by atoms with van der Waals surface area (Å²) in [6, 6.07) is 30.3. The first-order valence-corrected chi connectivity index (χ1v) is 14.0. The van der Waals surface area contributed by atoms with Crippen molar-refractivity contribution in [1.82, 2.24) is 14.5 Å². The number of hydrogen-bond acceptors (Lipinski definition) is 6. The summed E-state index contributed by atoms with van der Waals surface area (Å²) in [6.45, 7) is 4.02. The summed E-state index contributed by atoms with van der Waals surface area (Å²) >= 11 is 0. The van der Waals surface area contributed by atoms with Crippen LogP contribution in [0.5, 0.6) is 0 Å². The zero-order valence-electron chi connectivity index (χ0n) is 23.4. The first-order chi connectivity index (χ1) is 20.4. The van der Waals surface area contributed by atoms with E-state index in [1.807, 2.05) is 74.5 Å². The average molecular weight is 563 g/mol. The van der Waals surface area contributed by atoms with E-state index in [0.29, 0.717) is 5.65 Å². The van der Waals surface area contributed by atoms with E-state index in [-0.39, 0.29) is 17.8 Å². The first kappa shape index (κ1) is 26.5. The third-order valence-electron chi connectivity index (χ3n) is 8.13. The fourth-order valence-corrected chi connectivity index (χ4v) is 6.35. The molecule has 1 aliphatic carbocycles. The van der Waals surface area contributed by atoms with Crippen molar-refractivity contribution in [3.63, 3.8) is 0 Å². The van der Waals surface area contributed by atoms with Crippen LogP contribution in [-0.4, -0.2) is 39.1 Å². The molecule has 2 N–H and O–H groups in total. The number of aromatic nitrogens is 3. The maximum atomic E-state index is 15.1. The van der Waals surface area contributed by atoms with Gasteiger partial charge in [-0.05, 0) is 36.1 Å². The molecule has 8 heteroatoms. The largest absolute Gasteiger partial charge is 0.383 e. The maximum absolute atomic E-state index is 15.1. The molecular weight excluding hydrogens is 531 g/mol. The Balaban J connectivity index is 1.34. The van der Waals surface area contributed by atoms with Crippen LogP contribution in [0.3, 0.4) is 0 Å². The molecule has 0 saturated carbocycles. The Hall–Kier alpha value is -4.37. The number of nitrogens with zero attached hydrogens (tertiary/aromatic N) is 3. The molecule has 3 heterocycles. The minimum absolute atomic E-state index is 0.0978. The summed E-state index contributed by atoms with van der Waals surface area (Å²) in [4.78, 5) is 8.34. The van der Waals surface area contributed by atoms with E-state index in [0.717, 1.165) is 22.3 Å². The molecule has 7 rings (SSSR count). The lowest BCUT2D eigenvalue weighted by Crippen LogP contribution is -2.35. The van der Waals surface area contributed by atoms with Crippen LogP contribution < -0.4 is 5.73 Å². The van der Waals surface area contributed by atoms with Gasteiger partial charge in [-0.15, -0.1) is 0 Å². The average Bonchev–Trinajstić information content (AvgIpc) is 3.63. The van der Waals surface area contributed by atoms with E-state index in [1.165, 1.54) is 12.5 Å². The van der Waals surface area contributed by atoms with Gasteiger partial charge in [-0.25, -0.2) is 14.4 Å². The standard InChI is InChI=1S/C34H31FN4O3/c1-33(2)41-29-22(18-27(30(29)42-33)39-19-26(35)28-31(36)37-21-38-32(28)39)20-40-34(23-12-6-3-7-13-23,24-14-8-4-9-15-24)25-16-10-5-11-17-25/h3-19,21,27,29-30H,20H2,1-2H3,(H2,36,37,38)/t27-,29-,30+/m1/s1. The van der Waals surface area contributed by atoms with Gasteiger partial charge in [0.2, 0.25) is 0 Å². The van der Waals surface area contributed by atoms with E-state index in [1.54, 1.807) is 4.57 Å². The molecule has 0 amide bonds. The highest BCUT2D eigenvalue weighted by atomic mass is 19.1. The third kappa shape index (κ3) is 4.30. The molecule has 0 radical (unpaired) electrons. The van der Waals surface area contributed by atoms with E-state index < -0.39 is 35.5 Å². The quantitative estimate of drug-likeness (QED) is 0.189. The highest BCUT2D eigenvalue weighted by Gasteiger charge is 2.51. The van der Waals surface area contributed by atoms with E-state index in [4.69, 9.17) is 19.9 Å². The predicted molar refractivity (Wildman–Crippen MR) is 158 cm³/mol. The predicted octanol–water partition coefficient (Wildman–Crippen LogP) is 6.16. The van der Waals surface area contributed by atoms with Crippen molar-refractivity contribution in [1.29, 1.82) is 0 Å². The summed E-state index contributed by atoms with van der Waals surface area (Å²) in [7, 11) is 0. The number of nitrogen functional groups attached to an aromatic ring is 1. The normalized spacial score (nSPS) is 21.4. The smallest absolute Gasteiger partial charge is 0.164 e. The van der Waals surface area contributed by atoms with Crippen LogP contribution in [0.1, 0.15) is 36.6 Å². The van der Waals surface area contributed by atoms with Gasteiger partial charge in [0, 0.05) is 6.20 Å². The zero-order chi connectivity index (χ0) is 28.9. The molecule has 3 atom stereocenters. The van der Waals surface area contributed by atoms with Crippen LogP contribution in [0.2, 0.25) is 0 Å². The molecule has 7 nitrogen and oxygen atoms in total. The van der Waals surface area contributed by atoms with Gasteiger partial charge in [0.05, 0.1) is 18.0 Å². The van der Waals surface area contributed by atoms with Gasteiger partial charge < -0.3 is 24.5 Å². The summed E-state index contributed by atoms with van der Waals surface area (Å²) in [5.41, 5.74) is 9.43. The van der Waals surface area contributed by atoms with E-state index >= 15 is 4.39 Å². The molecule has 5 aromatic rings. The fourth-order valence-electron chi connectivity index (χ4n) is 6.35. The summed E-state index contributed by atoms with van der Waals surface area (Å²) in [5, 5.41) is 0.196. The lowest BCUT2D eigenvalue weighted by molar-refractivity contribution is -0.148. The van der Waals surface area contributed by atoms with Crippen LogP contribution >= 0.6 is 0 Å². The van der Waals surface area contributed by atoms with Crippen molar-refractivity contribution in [3.8, 4) is 0 Å². The van der Waals surface area contributed by atoms with Crippen molar-refractivity contribution in [3.05, 3.63) is 138 Å². The number of anilines is 1. The lowest BCUT2D eigenvalue weighted by Gasteiger charge is -2.36. The number of fused-ring (bicyclic) bond motifs is 2. The molecule has 0 bridgehead atoms. The minimum Gasteiger partial charge on any atom is -0.383 e. The van der Waals surface area contributed by atoms with Gasteiger partial charge >= 0.3 is 0 Å². The van der Waals surface area contributed by atoms with Crippen molar-refractivity contribution >= 4 is 16.9 Å². The molecule has 212 valence electrons. The van der Waals surface area contributed by atoms with Crippen LogP contribution in [0.25, 0.3) is 11.0 Å². The van der Waals surface area contributed by atoms with Gasteiger partial charge in [0.15, 0.2) is 11.6 Å². The number of rotatable bonds is 7. The molecule has 1 aliphatic heterocycles. The molecule has 3 aromatic carbocycles. The maximum Gasteiger partial charge on any atom is 0.164 e. The Morgan fingerprint density at radius 1 is 0.881 bits per heavy atom. The van der Waals surface area contributed by atoms with Gasteiger partial charge in [-0.1, -0.05) is 97.1 Å². The molecule has 2 aliphatic rings. The van der Waals surface area contributed by atoms with Gasteiger partial charge in [-0.3, -0.25) is 0 Å². The molecular formula is C34H31FN4O3. The number of hydrogen-bond donors (Lipinski definition) is 1. The summed E-state index contributed by atoms with van der Waals surface area (Å²) in [5.74, 6) is -1.22. The Morgan fingerprint density at radius 2 is 1.45 bits per heavy atom. The topological polar surface area (TPSA) is 84.4 Å². The SMILES string of the molecule is CC1(C)O[C@@H]2[C@H](O1)C(COC(c1ccccc1)(c1ccccc1)c1ccccc1)=C[C@H]2n1cc(F)c2c(N)ncnc21. The molecule has 0 spiro atoms. The van der Waals surface area contributed by atoms with E-state index in [9.17, 15) is 0 Å². The second-order valence-corrected chi connectivity index (χ2v) is 11.2. The molecule has 42 heavy (non-hydrogen) atoms. The van der Waals surface area contributed by atoms with Crippen molar-refractivity contribution in [2.24, 2.45) is 0 Å².